The van der Waals surface area contributed by atoms with Gasteiger partial charge in [-0.2, -0.15) is 5.26 Å². The number of pyridine rings is 1. The highest BCUT2D eigenvalue weighted by molar-refractivity contribution is 5.89. The van der Waals surface area contributed by atoms with Gasteiger partial charge in [0.05, 0.1) is 17.1 Å². The zero-order chi connectivity index (χ0) is 21.4. The number of fused-ring (bicyclic) bond motifs is 1. The maximum atomic E-state index is 13.8. The number of anilines is 1. The molecule has 2 aromatic carbocycles. The van der Waals surface area contributed by atoms with Crippen LogP contribution in [0.4, 0.5) is 14.9 Å². The molecule has 3 aromatic rings. The second-order valence-electron chi connectivity index (χ2n) is 8.77. The Morgan fingerprint density at radius 1 is 1.13 bits per heavy atom. The molecule has 31 heavy (non-hydrogen) atoms. The number of hydrogen-bond acceptors (Lipinski definition) is 3. The number of hydrogen-bond donors (Lipinski definition) is 1. The average molecular weight is 414 g/mol. The predicted octanol–water partition coefficient (Wildman–Crippen LogP) is 5.44. The monoisotopic (exact) mass is 414 g/mol. The molecular formula is C25H23FN4O. The summed E-state index contributed by atoms with van der Waals surface area (Å²) in [6.45, 7) is 1.47. The van der Waals surface area contributed by atoms with Crippen molar-refractivity contribution in [2.45, 2.75) is 31.6 Å². The molecule has 1 aliphatic carbocycles. The summed E-state index contributed by atoms with van der Waals surface area (Å²) >= 11 is 0. The van der Waals surface area contributed by atoms with Crippen molar-refractivity contribution in [1.82, 2.24) is 9.88 Å². The molecule has 1 saturated carbocycles. The lowest BCUT2D eigenvalue weighted by Gasteiger charge is -2.52. The molecule has 1 saturated heterocycles. The number of amides is 2. The Hall–Kier alpha value is -3.46. The maximum absolute atomic E-state index is 13.8. The molecule has 5 rings (SSSR count). The normalized spacial score (nSPS) is 17.9. The van der Waals surface area contributed by atoms with Gasteiger partial charge in [0.1, 0.15) is 5.82 Å². The highest BCUT2D eigenvalue weighted by Gasteiger charge is 2.47. The SMILES string of the molecule is N#Cc1ccc(NC(=O)N2CCC3(CC2)CC(c2ccnc4ccc(F)cc24)C3)cc1. The van der Waals surface area contributed by atoms with Crippen LogP contribution in [-0.4, -0.2) is 29.0 Å². The molecule has 1 spiro atoms. The molecule has 1 aliphatic heterocycles. The number of urea groups is 1. The van der Waals surface area contributed by atoms with Crippen LogP contribution in [0.25, 0.3) is 10.9 Å². The highest BCUT2D eigenvalue weighted by atomic mass is 19.1. The number of piperidine rings is 1. The topological polar surface area (TPSA) is 69.0 Å². The summed E-state index contributed by atoms with van der Waals surface area (Å²) in [5, 5.41) is 12.7. The van der Waals surface area contributed by atoms with Crippen molar-refractivity contribution in [2.24, 2.45) is 5.41 Å². The van der Waals surface area contributed by atoms with E-state index in [2.05, 4.69) is 16.4 Å². The molecule has 0 unspecified atom stereocenters. The molecule has 1 aromatic heterocycles. The molecule has 0 atom stereocenters. The van der Waals surface area contributed by atoms with E-state index in [1.165, 1.54) is 11.6 Å². The van der Waals surface area contributed by atoms with Crippen LogP contribution in [0.15, 0.2) is 54.7 Å². The number of carbonyl (C=O) groups is 1. The van der Waals surface area contributed by atoms with Gasteiger partial charge in [0.15, 0.2) is 0 Å². The van der Waals surface area contributed by atoms with Gasteiger partial charge in [-0.1, -0.05) is 0 Å². The fourth-order valence-electron chi connectivity index (χ4n) is 5.12. The number of carbonyl (C=O) groups excluding carboxylic acids is 1. The number of likely N-dealkylation sites (tertiary alicyclic amines) is 1. The van der Waals surface area contributed by atoms with Crippen LogP contribution in [0.5, 0.6) is 0 Å². The maximum Gasteiger partial charge on any atom is 0.321 e. The Kier molecular flexibility index (Phi) is 4.82. The minimum absolute atomic E-state index is 0.0916. The molecule has 5 nitrogen and oxygen atoms in total. The molecule has 2 heterocycles. The Balaban J connectivity index is 1.20. The predicted molar refractivity (Wildman–Crippen MR) is 117 cm³/mol. The third-order valence-corrected chi connectivity index (χ3v) is 6.91. The number of nitriles is 1. The Morgan fingerprint density at radius 3 is 2.58 bits per heavy atom. The first-order valence-electron chi connectivity index (χ1n) is 10.7. The van der Waals surface area contributed by atoms with Crippen molar-refractivity contribution >= 4 is 22.6 Å². The summed E-state index contributed by atoms with van der Waals surface area (Å²) < 4.78 is 13.8. The van der Waals surface area contributed by atoms with Gasteiger partial charge < -0.3 is 10.2 Å². The highest BCUT2D eigenvalue weighted by Crippen LogP contribution is 2.57. The van der Waals surface area contributed by atoms with Gasteiger partial charge >= 0.3 is 6.03 Å². The van der Waals surface area contributed by atoms with Crippen LogP contribution in [0, 0.1) is 22.6 Å². The smallest absolute Gasteiger partial charge is 0.321 e. The summed E-state index contributed by atoms with van der Waals surface area (Å²) in [6, 6.07) is 15.7. The number of nitrogens with zero attached hydrogens (tertiary/aromatic N) is 3. The molecule has 1 N–H and O–H groups in total. The summed E-state index contributed by atoms with van der Waals surface area (Å²) in [4.78, 5) is 18.8. The van der Waals surface area contributed by atoms with E-state index in [-0.39, 0.29) is 17.3 Å². The molecule has 6 heteroatoms. The lowest BCUT2D eigenvalue weighted by Crippen LogP contribution is -2.49. The van der Waals surface area contributed by atoms with Crippen LogP contribution >= 0.6 is 0 Å². The molecule has 2 amide bonds. The van der Waals surface area contributed by atoms with Crippen LogP contribution in [0.1, 0.15) is 42.7 Å². The first kappa shape index (κ1) is 19.5. The second kappa shape index (κ2) is 7.66. The van der Waals surface area contributed by atoms with Crippen molar-refractivity contribution in [3.63, 3.8) is 0 Å². The van der Waals surface area contributed by atoms with E-state index < -0.39 is 0 Å². The van der Waals surface area contributed by atoms with Crippen LogP contribution in [0.3, 0.4) is 0 Å². The molecule has 156 valence electrons. The zero-order valence-electron chi connectivity index (χ0n) is 17.1. The Bertz CT molecular complexity index is 1170. The fraction of sp³-hybridized carbons (Fsp3) is 0.320. The van der Waals surface area contributed by atoms with Gasteiger partial charge in [-0.05, 0) is 91.1 Å². The van der Waals surface area contributed by atoms with E-state index >= 15 is 0 Å². The standard InChI is InChI=1S/C25H23FN4O/c26-19-3-6-23-22(13-19)21(7-10-28-23)18-14-25(15-18)8-11-30(12-9-25)24(31)29-20-4-1-17(16-27)2-5-20/h1-7,10,13,18H,8-9,11-12,14-15H2,(H,29,31). The molecule has 0 radical (unpaired) electrons. The van der Waals surface area contributed by atoms with Crippen LogP contribution in [-0.2, 0) is 0 Å². The molecule has 2 aliphatic rings. The van der Waals surface area contributed by atoms with Crippen molar-refractivity contribution < 1.29 is 9.18 Å². The minimum Gasteiger partial charge on any atom is -0.324 e. The van der Waals surface area contributed by atoms with E-state index in [4.69, 9.17) is 5.26 Å². The third-order valence-electron chi connectivity index (χ3n) is 6.91. The van der Waals surface area contributed by atoms with Gasteiger partial charge in [0, 0.05) is 30.4 Å². The summed E-state index contributed by atoms with van der Waals surface area (Å²) in [5.74, 6) is 0.198. The number of aromatic nitrogens is 1. The zero-order valence-corrected chi connectivity index (χ0v) is 17.1. The summed E-state index contributed by atoms with van der Waals surface area (Å²) in [5.41, 5.74) is 3.58. The largest absolute Gasteiger partial charge is 0.324 e. The lowest BCUT2D eigenvalue weighted by atomic mass is 9.56. The molecular weight excluding hydrogens is 391 g/mol. The summed E-state index contributed by atoms with van der Waals surface area (Å²) in [6.07, 6.45) is 5.95. The van der Waals surface area contributed by atoms with E-state index in [9.17, 15) is 9.18 Å². The fourth-order valence-corrected chi connectivity index (χ4v) is 5.12. The van der Waals surface area contributed by atoms with Gasteiger partial charge in [0.25, 0.3) is 0 Å². The van der Waals surface area contributed by atoms with Crippen LogP contribution < -0.4 is 5.32 Å². The quantitative estimate of drug-likeness (QED) is 0.607. The Labute approximate surface area is 180 Å². The van der Waals surface area contributed by atoms with Crippen molar-refractivity contribution in [3.05, 3.63) is 71.7 Å². The minimum atomic E-state index is -0.225. The Morgan fingerprint density at radius 2 is 1.87 bits per heavy atom. The first-order valence-corrected chi connectivity index (χ1v) is 10.7. The van der Waals surface area contributed by atoms with Gasteiger partial charge in [-0.15, -0.1) is 0 Å². The summed E-state index contributed by atoms with van der Waals surface area (Å²) in [7, 11) is 0. The third kappa shape index (κ3) is 3.72. The van der Waals surface area contributed by atoms with E-state index in [1.54, 1.807) is 36.4 Å². The van der Waals surface area contributed by atoms with Crippen LogP contribution in [0.2, 0.25) is 0 Å². The van der Waals surface area contributed by atoms with Gasteiger partial charge in [-0.25, -0.2) is 9.18 Å². The van der Waals surface area contributed by atoms with Gasteiger partial charge in [0.2, 0.25) is 0 Å². The van der Waals surface area contributed by atoms with E-state index in [1.807, 2.05) is 17.2 Å². The van der Waals surface area contributed by atoms with Crippen molar-refractivity contribution in [1.29, 1.82) is 5.26 Å². The van der Waals surface area contributed by atoms with E-state index in [0.29, 0.717) is 17.2 Å². The number of benzene rings is 2. The molecule has 2 fully saturated rings. The lowest BCUT2D eigenvalue weighted by molar-refractivity contribution is 0.0295. The van der Waals surface area contributed by atoms with E-state index in [0.717, 1.165) is 49.7 Å². The number of halogens is 1. The van der Waals surface area contributed by atoms with Crippen molar-refractivity contribution in [3.8, 4) is 6.07 Å². The molecule has 0 bridgehead atoms. The van der Waals surface area contributed by atoms with Gasteiger partial charge in [-0.3, -0.25) is 4.98 Å². The number of rotatable bonds is 2. The van der Waals surface area contributed by atoms with Crippen molar-refractivity contribution in [2.75, 3.05) is 18.4 Å². The number of nitrogens with one attached hydrogen (secondary N) is 1. The first-order chi connectivity index (χ1) is 15.0. The second-order valence-corrected chi connectivity index (χ2v) is 8.77. The average Bonchev–Trinajstić information content (AvgIpc) is 2.77.